The van der Waals surface area contributed by atoms with Crippen LogP contribution in [0.5, 0.6) is 5.75 Å². The standard InChI is InChI=1S/C23H29NO4S2/c1-3-16-28-23(29)22-21(19-11-13-20(27-2)14-12-19)10-7-15-24(22)30(25,26)17-18-8-5-4-6-9-18/h4-6,8-9,11-14,21-22H,3,7,10,15-17H2,1-2H3. The predicted octanol–water partition coefficient (Wildman–Crippen LogP) is 4.53. The van der Waals surface area contributed by atoms with Crippen molar-refractivity contribution in [1.29, 1.82) is 0 Å². The predicted molar refractivity (Wildman–Crippen MR) is 123 cm³/mol. The van der Waals surface area contributed by atoms with Crippen LogP contribution >= 0.6 is 12.2 Å². The van der Waals surface area contributed by atoms with Crippen LogP contribution < -0.4 is 4.74 Å². The summed E-state index contributed by atoms with van der Waals surface area (Å²) in [5.41, 5.74) is 1.81. The summed E-state index contributed by atoms with van der Waals surface area (Å²) in [4.78, 5) is 0. The van der Waals surface area contributed by atoms with Gasteiger partial charge in [-0.1, -0.05) is 49.4 Å². The first-order valence-electron chi connectivity index (χ1n) is 10.3. The van der Waals surface area contributed by atoms with Gasteiger partial charge >= 0.3 is 0 Å². The molecule has 0 aliphatic carbocycles. The van der Waals surface area contributed by atoms with Crippen molar-refractivity contribution >= 4 is 27.3 Å². The molecule has 5 nitrogen and oxygen atoms in total. The van der Waals surface area contributed by atoms with Crippen LogP contribution in [-0.2, 0) is 20.5 Å². The summed E-state index contributed by atoms with van der Waals surface area (Å²) in [6, 6.07) is 16.6. The van der Waals surface area contributed by atoms with Crippen LogP contribution in [0, 0.1) is 0 Å². The molecule has 0 spiro atoms. The molecule has 0 amide bonds. The summed E-state index contributed by atoms with van der Waals surface area (Å²) >= 11 is 5.62. The molecular formula is C23H29NO4S2. The molecule has 2 aromatic carbocycles. The minimum Gasteiger partial charge on any atom is -0.497 e. The topological polar surface area (TPSA) is 55.8 Å². The average molecular weight is 448 g/mol. The maximum Gasteiger partial charge on any atom is 0.219 e. The summed E-state index contributed by atoms with van der Waals surface area (Å²) in [7, 11) is -1.94. The van der Waals surface area contributed by atoms with Crippen LogP contribution in [0.1, 0.15) is 43.2 Å². The Morgan fingerprint density at radius 3 is 2.47 bits per heavy atom. The molecule has 2 unspecified atom stereocenters. The monoisotopic (exact) mass is 447 g/mol. The van der Waals surface area contributed by atoms with Crippen molar-refractivity contribution in [3.8, 4) is 5.75 Å². The van der Waals surface area contributed by atoms with Crippen molar-refractivity contribution in [2.75, 3.05) is 20.3 Å². The Morgan fingerprint density at radius 2 is 1.83 bits per heavy atom. The number of piperidine rings is 1. The highest BCUT2D eigenvalue weighted by molar-refractivity contribution is 7.88. The second kappa shape index (κ2) is 10.4. The van der Waals surface area contributed by atoms with E-state index >= 15 is 0 Å². The van der Waals surface area contributed by atoms with Crippen LogP contribution in [0.4, 0.5) is 0 Å². The zero-order chi connectivity index (χ0) is 21.6. The van der Waals surface area contributed by atoms with Gasteiger partial charge in [-0.3, -0.25) is 0 Å². The molecule has 0 aromatic heterocycles. The Morgan fingerprint density at radius 1 is 1.13 bits per heavy atom. The van der Waals surface area contributed by atoms with Gasteiger partial charge in [0.05, 0.1) is 25.5 Å². The molecular weight excluding hydrogens is 418 g/mol. The van der Waals surface area contributed by atoms with E-state index in [9.17, 15) is 8.42 Å². The fourth-order valence-electron chi connectivity index (χ4n) is 3.91. The lowest BCUT2D eigenvalue weighted by Gasteiger charge is -2.40. The Labute approximate surface area is 185 Å². The van der Waals surface area contributed by atoms with Crippen molar-refractivity contribution in [3.63, 3.8) is 0 Å². The fourth-order valence-corrected chi connectivity index (χ4v) is 6.13. The summed E-state index contributed by atoms with van der Waals surface area (Å²) < 4.78 is 39.5. The van der Waals surface area contributed by atoms with Crippen molar-refractivity contribution in [3.05, 3.63) is 65.7 Å². The third kappa shape index (κ3) is 5.39. The summed E-state index contributed by atoms with van der Waals surface area (Å²) in [6.07, 6.45) is 2.44. The average Bonchev–Trinajstić information content (AvgIpc) is 2.77. The Balaban J connectivity index is 1.94. The van der Waals surface area contributed by atoms with Gasteiger partial charge < -0.3 is 9.47 Å². The van der Waals surface area contributed by atoms with Gasteiger partial charge in [0.25, 0.3) is 0 Å². The van der Waals surface area contributed by atoms with E-state index in [1.165, 1.54) is 0 Å². The SMILES string of the molecule is CCCOC(=S)C1C(c2ccc(OC)cc2)CCCN1S(=O)(=O)Cc1ccccc1. The van der Waals surface area contributed by atoms with Crippen LogP contribution in [0.3, 0.4) is 0 Å². The van der Waals surface area contributed by atoms with Gasteiger partial charge in [0.15, 0.2) is 5.05 Å². The Hall–Kier alpha value is -1.96. The van der Waals surface area contributed by atoms with Gasteiger partial charge in [-0.05, 0) is 54.7 Å². The maximum absolute atomic E-state index is 13.4. The molecule has 1 aliphatic heterocycles. The quantitative estimate of drug-likeness (QED) is 0.557. The summed E-state index contributed by atoms with van der Waals surface area (Å²) in [6.45, 7) is 2.94. The molecule has 1 heterocycles. The van der Waals surface area contributed by atoms with E-state index in [-0.39, 0.29) is 11.7 Å². The molecule has 30 heavy (non-hydrogen) atoms. The van der Waals surface area contributed by atoms with Crippen LogP contribution in [0.2, 0.25) is 0 Å². The first-order valence-corrected chi connectivity index (χ1v) is 12.3. The van der Waals surface area contributed by atoms with E-state index < -0.39 is 16.1 Å². The van der Waals surface area contributed by atoms with Crippen LogP contribution in [-0.4, -0.2) is 44.1 Å². The number of rotatable bonds is 8. The fraction of sp³-hybridized carbons (Fsp3) is 0.435. The zero-order valence-electron chi connectivity index (χ0n) is 17.5. The second-order valence-corrected chi connectivity index (χ2v) is 9.81. The number of hydrogen-bond acceptors (Lipinski definition) is 5. The lowest BCUT2D eigenvalue weighted by molar-refractivity contribution is 0.221. The van der Waals surface area contributed by atoms with E-state index in [4.69, 9.17) is 21.7 Å². The highest BCUT2D eigenvalue weighted by atomic mass is 32.2. The number of benzene rings is 2. The van der Waals surface area contributed by atoms with Gasteiger partial charge in [0, 0.05) is 12.5 Å². The minimum atomic E-state index is -3.57. The van der Waals surface area contributed by atoms with Crippen molar-refractivity contribution in [1.82, 2.24) is 4.31 Å². The van der Waals surface area contributed by atoms with E-state index in [0.717, 1.165) is 36.1 Å². The third-order valence-corrected chi connectivity index (χ3v) is 7.55. The van der Waals surface area contributed by atoms with Gasteiger partial charge in [-0.2, -0.15) is 4.31 Å². The molecule has 7 heteroatoms. The van der Waals surface area contributed by atoms with Gasteiger partial charge in [-0.15, -0.1) is 0 Å². The number of methoxy groups -OCH3 is 1. The number of thiocarbonyl (C=S) groups is 1. The number of nitrogens with zero attached hydrogens (tertiary/aromatic N) is 1. The molecule has 0 N–H and O–H groups in total. The molecule has 2 aromatic rings. The summed E-state index contributed by atoms with van der Waals surface area (Å²) in [5.74, 6) is 0.666. The number of sulfonamides is 1. The van der Waals surface area contributed by atoms with Gasteiger partial charge in [0.1, 0.15) is 5.75 Å². The molecule has 0 radical (unpaired) electrons. The first-order chi connectivity index (χ1) is 14.5. The van der Waals surface area contributed by atoms with Crippen LogP contribution in [0.15, 0.2) is 54.6 Å². The Bertz CT molecular complexity index is 929. The van der Waals surface area contributed by atoms with E-state index in [0.29, 0.717) is 18.2 Å². The number of ether oxygens (including phenoxy) is 2. The van der Waals surface area contributed by atoms with Crippen molar-refractivity contribution in [2.24, 2.45) is 0 Å². The van der Waals surface area contributed by atoms with Crippen molar-refractivity contribution in [2.45, 2.75) is 43.9 Å². The number of hydrogen-bond donors (Lipinski definition) is 0. The maximum atomic E-state index is 13.4. The van der Waals surface area contributed by atoms with Gasteiger partial charge in [-0.25, -0.2) is 8.42 Å². The highest BCUT2D eigenvalue weighted by Crippen LogP contribution is 2.36. The highest BCUT2D eigenvalue weighted by Gasteiger charge is 2.42. The second-order valence-electron chi connectivity index (χ2n) is 7.49. The zero-order valence-corrected chi connectivity index (χ0v) is 19.1. The minimum absolute atomic E-state index is 0.0456. The van der Waals surface area contributed by atoms with Crippen LogP contribution in [0.25, 0.3) is 0 Å². The molecule has 1 fully saturated rings. The van der Waals surface area contributed by atoms with E-state index in [2.05, 4.69) is 0 Å². The molecule has 0 bridgehead atoms. The Kier molecular flexibility index (Phi) is 7.86. The lowest BCUT2D eigenvalue weighted by atomic mass is 9.85. The van der Waals surface area contributed by atoms with Crippen molar-refractivity contribution < 1.29 is 17.9 Å². The van der Waals surface area contributed by atoms with E-state index in [1.54, 1.807) is 11.4 Å². The van der Waals surface area contributed by atoms with E-state index in [1.807, 2.05) is 61.5 Å². The molecule has 162 valence electrons. The molecule has 3 rings (SSSR count). The molecule has 2 atom stereocenters. The molecule has 0 saturated carbocycles. The lowest BCUT2D eigenvalue weighted by Crippen LogP contribution is -2.52. The largest absolute Gasteiger partial charge is 0.497 e. The normalized spacial score (nSPS) is 19.9. The first kappa shape index (κ1) is 22.7. The van der Waals surface area contributed by atoms with Gasteiger partial charge in [0.2, 0.25) is 10.0 Å². The summed E-state index contributed by atoms with van der Waals surface area (Å²) in [5, 5.41) is 0.356. The molecule has 1 aliphatic rings. The third-order valence-electron chi connectivity index (χ3n) is 5.37. The smallest absolute Gasteiger partial charge is 0.219 e. The molecule has 1 saturated heterocycles.